The highest BCUT2D eigenvalue weighted by Gasteiger charge is 2.52. The first-order valence-electron chi connectivity index (χ1n) is 9.99. The van der Waals surface area contributed by atoms with Gasteiger partial charge in [0.1, 0.15) is 6.04 Å². The van der Waals surface area contributed by atoms with Crippen molar-refractivity contribution in [1.29, 1.82) is 0 Å². The Hall–Kier alpha value is -2.74. The van der Waals surface area contributed by atoms with Gasteiger partial charge in [-0.15, -0.1) is 0 Å². The van der Waals surface area contributed by atoms with E-state index in [9.17, 15) is 24.8 Å². The fourth-order valence-electron chi connectivity index (χ4n) is 4.60. The molecule has 1 amide bonds. The third kappa shape index (κ3) is 3.76. The number of nitro groups is 1. The van der Waals surface area contributed by atoms with Crippen LogP contribution in [0.4, 0.5) is 5.69 Å². The fourth-order valence-corrected chi connectivity index (χ4v) is 4.60. The van der Waals surface area contributed by atoms with E-state index in [1.54, 1.807) is 17.0 Å². The minimum absolute atomic E-state index is 0.0657. The molecular weight excluding hydrogens is 374 g/mol. The fraction of sp³-hybridized carbons (Fsp3) is 0.524. The largest absolute Gasteiger partial charge is 0.481 e. The number of carbonyl (C=O) groups excluding carboxylic acids is 1. The zero-order chi connectivity index (χ0) is 20.8. The summed E-state index contributed by atoms with van der Waals surface area (Å²) in [5.74, 6) is -1.73. The number of hydrogen-bond acceptors (Lipinski definition) is 5. The lowest BCUT2D eigenvalue weighted by molar-refractivity contribution is -0.384. The van der Waals surface area contributed by atoms with E-state index < -0.39 is 22.9 Å². The number of carboxylic acid groups (broad SMARTS) is 1. The van der Waals surface area contributed by atoms with Gasteiger partial charge in [0.25, 0.3) is 5.69 Å². The minimum atomic E-state index is -0.906. The molecule has 1 saturated carbocycles. The van der Waals surface area contributed by atoms with Crippen molar-refractivity contribution in [2.45, 2.75) is 38.6 Å². The molecule has 8 nitrogen and oxygen atoms in total. The number of nitrogens with one attached hydrogen (secondary N) is 1. The smallest absolute Gasteiger partial charge is 0.308 e. The van der Waals surface area contributed by atoms with Gasteiger partial charge in [-0.3, -0.25) is 19.7 Å². The zero-order valence-electron chi connectivity index (χ0n) is 16.4. The first-order chi connectivity index (χ1) is 13.8. The molecule has 2 atom stereocenters. The Morgan fingerprint density at radius 3 is 2.66 bits per heavy atom. The molecule has 2 N–H and O–H groups in total. The van der Waals surface area contributed by atoms with Crippen molar-refractivity contribution in [3.8, 4) is 0 Å². The highest BCUT2D eigenvalue weighted by molar-refractivity contribution is 5.89. The molecule has 1 aliphatic carbocycles. The normalized spacial score (nSPS) is 25.4. The monoisotopic (exact) mass is 399 g/mol. The second kappa shape index (κ2) is 7.26. The maximum atomic E-state index is 13.0. The van der Waals surface area contributed by atoms with Gasteiger partial charge in [0.15, 0.2) is 0 Å². The molecule has 4 rings (SSSR count). The number of non-ortho nitro benzene ring substituents is 1. The number of nitro benzene ring substituents is 1. The van der Waals surface area contributed by atoms with Crippen molar-refractivity contribution in [2.75, 3.05) is 19.6 Å². The quantitative estimate of drug-likeness (QED) is 0.594. The number of carboxylic acids is 1. The molecule has 8 heteroatoms. The second-order valence-corrected chi connectivity index (χ2v) is 8.53. The first-order valence-corrected chi connectivity index (χ1v) is 9.99. The number of carbonyl (C=O) groups is 2. The van der Waals surface area contributed by atoms with Crippen LogP contribution in [0.15, 0.2) is 24.3 Å². The molecule has 0 bridgehead atoms. The number of aliphatic carboxylic acids is 1. The van der Waals surface area contributed by atoms with Gasteiger partial charge in [-0.1, -0.05) is 6.08 Å². The van der Waals surface area contributed by atoms with Crippen LogP contribution in [-0.4, -0.2) is 52.5 Å². The van der Waals surface area contributed by atoms with Crippen LogP contribution in [0.3, 0.4) is 0 Å². The topological polar surface area (TPSA) is 113 Å². The molecule has 1 aromatic rings. The van der Waals surface area contributed by atoms with Crippen LogP contribution in [0, 0.1) is 28.4 Å². The summed E-state index contributed by atoms with van der Waals surface area (Å²) in [5.41, 5.74) is 3.00. The van der Waals surface area contributed by atoms with Crippen molar-refractivity contribution in [2.24, 2.45) is 11.3 Å². The average Bonchev–Trinajstić information content (AvgIpc) is 3.46. The second-order valence-electron chi connectivity index (χ2n) is 8.53. The molecule has 2 fully saturated rings. The molecule has 2 heterocycles. The van der Waals surface area contributed by atoms with Gasteiger partial charge < -0.3 is 15.3 Å². The first kappa shape index (κ1) is 19.6. The predicted molar refractivity (Wildman–Crippen MR) is 106 cm³/mol. The SMILES string of the molecule is Cc1cc([N+](=O)[O-])ccc1C1=CCN(C(=O)C2NCC3(CC3)CC2C(=O)O)CC1. The molecule has 0 aromatic heterocycles. The lowest BCUT2D eigenvalue weighted by Gasteiger charge is -2.38. The van der Waals surface area contributed by atoms with Crippen molar-refractivity contribution in [3.05, 3.63) is 45.5 Å². The Morgan fingerprint density at radius 2 is 2.10 bits per heavy atom. The van der Waals surface area contributed by atoms with Gasteiger partial charge in [-0.05, 0) is 60.8 Å². The molecule has 2 aliphatic heterocycles. The molecule has 3 aliphatic rings. The van der Waals surface area contributed by atoms with Crippen LogP contribution >= 0.6 is 0 Å². The number of aryl methyl sites for hydroxylation is 1. The third-order valence-electron chi connectivity index (χ3n) is 6.58. The summed E-state index contributed by atoms with van der Waals surface area (Å²) in [7, 11) is 0. The van der Waals surface area contributed by atoms with E-state index >= 15 is 0 Å². The summed E-state index contributed by atoms with van der Waals surface area (Å²) in [4.78, 5) is 37.0. The van der Waals surface area contributed by atoms with E-state index in [0.717, 1.165) is 29.5 Å². The van der Waals surface area contributed by atoms with E-state index in [0.29, 0.717) is 32.5 Å². The molecule has 2 unspecified atom stereocenters. The number of piperidine rings is 1. The number of nitrogens with zero attached hydrogens (tertiary/aromatic N) is 2. The van der Waals surface area contributed by atoms with E-state index in [1.165, 1.54) is 6.07 Å². The van der Waals surface area contributed by atoms with Crippen LogP contribution in [0.1, 0.15) is 36.8 Å². The van der Waals surface area contributed by atoms with E-state index in [4.69, 9.17) is 0 Å². The summed E-state index contributed by atoms with van der Waals surface area (Å²) in [6.45, 7) is 3.49. The maximum Gasteiger partial charge on any atom is 0.308 e. The van der Waals surface area contributed by atoms with Gasteiger partial charge in [-0.2, -0.15) is 0 Å². The number of rotatable bonds is 4. The van der Waals surface area contributed by atoms with Crippen molar-refractivity contribution in [1.82, 2.24) is 10.2 Å². The zero-order valence-corrected chi connectivity index (χ0v) is 16.4. The van der Waals surface area contributed by atoms with Gasteiger partial charge in [-0.25, -0.2) is 0 Å². The van der Waals surface area contributed by atoms with Crippen LogP contribution in [0.25, 0.3) is 5.57 Å². The van der Waals surface area contributed by atoms with Gasteiger partial charge in [0.05, 0.1) is 10.8 Å². The van der Waals surface area contributed by atoms with Crippen molar-refractivity contribution >= 4 is 23.1 Å². The lowest BCUT2D eigenvalue weighted by atomic mass is 9.81. The molecule has 1 saturated heterocycles. The van der Waals surface area contributed by atoms with Crippen LogP contribution in [0.2, 0.25) is 0 Å². The lowest BCUT2D eigenvalue weighted by Crippen LogP contribution is -2.57. The average molecular weight is 399 g/mol. The minimum Gasteiger partial charge on any atom is -0.481 e. The molecule has 0 radical (unpaired) electrons. The van der Waals surface area contributed by atoms with Gasteiger partial charge >= 0.3 is 5.97 Å². The Kier molecular flexibility index (Phi) is 4.90. The van der Waals surface area contributed by atoms with Crippen LogP contribution < -0.4 is 5.32 Å². The summed E-state index contributed by atoms with van der Waals surface area (Å²) in [5, 5.41) is 23.8. The van der Waals surface area contributed by atoms with E-state index in [-0.39, 0.29) is 17.0 Å². The molecular formula is C21H25N3O5. The van der Waals surface area contributed by atoms with Crippen LogP contribution in [-0.2, 0) is 9.59 Å². The molecule has 154 valence electrons. The molecule has 1 aromatic carbocycles. The summed E-state index contributed by atoms with van der Waals surface area (Å²) in [6, 6.07) is 4.15. The van der Waals surface area contributed by atoms with E-state index in [2.05, 4.69) is 5.32 Å². The predicted octanol–water partition coefficient (Wildman–Crippen LogP) is 2.36. The number of hydrogen-bond donors (Lipinski definition) is 2. The standard InChI is InChI=1S/C21H25N3O5/c1-13-10-15(24(28)29)2-3-16(13)14-4-8-23(9-5-14)19(25)18-17(20(26)27)11-21(6-7-21)12-22-18/h2-4,10,17-18,22H,5-9,11-12H2,1H3,(H,26,27). The third-order valence-corrected chi connectivity index (χ3v) is 6.58. The van der Waals surface area contributed by atoms with Crippen molar-refractivity contribution in [3.63, 3.8) is 0 Å². The van der Waals surface area contributed by atoms with Gasteiger partial charge in [0, 0.05) is 31.8 Å². The molecule has 1 spiro atoms. The maximum absolute atomic E-state index is 13.0. The Labute approximate surface area is 168 Å². The highest BCUT2D eigenvalue weighted by Crippen LogP contribution is 2.52. The Bertz CT molecular complexity index is 906. The highest BCUT2D eigenvalue weighted by atomic mass is 16.6. The number of benzene rings is 1. The van der Waals surface area contributed by atoms with E-state index in [1.807, 2.05) is 13.0 Å². The van der Waals surface area contributed by atoms with Gasteiger partial charge in [0.2, 0.25) is 5.91 Å². The summed E-state index contributed by atoms with van der Waals surface area (Å²) >= 11 is 0. The van der Waals surface area contributed by atoms with Crippen molar-refractivity contribution < 1.29 is 19.6 Å². The number of amides is 1. The Morgan fingerprint density at radius 1 is 1.34 bits per heavy atom. The summed E-state index contributed by atoms with van der Waals surface area (Å²) in [6.07, 6.45) is 5.25. The summed E-state index contributed by atoms with van der Waals surface area (Å²) < 4.78 is 0. The van der Waals surface area contributed by atoms with Crippen LogP contribution in [0.5, 0.6) is 0 Å². The molecule has 29 heavy (non-hydrogen) atoms. The Balaban J connectivity index is 1.46.